The number of rotatable bonds is 5. The van der Waals surface area contributed by atoms with Crippen LogP contribution in [0.2, 0.25) is 5.02 Å². The molecular weight excluding hydrogens is 314 g/mol. The Morgan fingerprint density at radius 2 is 2.30 bits per heavy atom. The third kappa shape index (κ3) is 4.65. The summed E-state index contributed by atoms with van der Waals surface area (Å²) in [6.07, 6.45) is 3.77. The van der Waals surface area contributed by atoms with E-state index in [1.165, 1.54) is 5.56 Å². The molecule has 0 radical (unpaired) electrons. The van der Waals surface area contributed by atoms with Crippen molar-refractivity contribution in [2.24, 2.45) is 0 Å². The summed E-state index contributed by atoms with van der Waals surface area (Å²) in [4.78, 5) is 0. The molecule has 1 aliphatic heterocycles. The van der Waals surface area contributed by atoms with Crippen LogP contribution in [0, 0.1) is 0 Å². The first kappa shape index (κ1) is 16.1. The van der Waals surface area contributed by atoms with Crippen molar-refractivity contribution in [2.75, 3.05) is 24.3 Å². The van der Waals surface area contributed by atoms with Crippen LogP contribution in [-0.2, 0) is 9.84 Å². The van der Waals surface area contributed by atoms with Gasteiger partial charge in [0.2, 0.25) is 0 Å². The van der Waals surface area contributed by atoms with Gasteiger partial charge < -0.3 is 5.32 Å². The van der Waals surface area contributed by atoms with Crippen molar-refractivity contribution in [1.82, 2.24) is 5.32 Å². The van der Waals surface area contributed by atoms with Crippen molar-refractivity contribution in [1.29, 1.82) is 0 Å². The van der Waals surface area contributed by atoms with E-state index < -0.39 is 9.84 Å². The number of halogens is 1. The van der Waals surface area contributed by atoms with Crippen LogP contribution in [0.1, 0.15) is 23.7 Å². The first-order valence-electron chi connectivity index (χ1n) is 6.72. The number of benzene rings is 1. The van der Waals surface area contributed by atoms with Gasteiger partial charge in [-0.1, -0.05) is 23.7 Å². The van der Waals surface area contributed by atoms with Crippen LogP contribution in [0.15, 0.2) is 24.3 Å². The third-order valence-corrected chi connectivity index (χ3v) is 6.62. The lowest BCUT2D eigenvalue weighted by atomic mass is 10.1. The quantitative estimate of drug-likeness (QED) is 0.900. The smallest absolute Gasteiger partial charge is 0.151 e. The largest absolute Gasteiger partial charge is 0.312 e. The molecule has 1 heterocycles. The summed E-state index contributed by atoms with van der Waals surface area (Å²) in [6.45, 7) is 0.766. The zero-order chi connectivity index (χ0) is 14.6. The lowest BCUT2D eigenvalue weighted by Gasteiger charge is -2.25. The van der Waals surface area contributed by atoms with E-state index in [1.54, 1.807) is 11.8 Å². The van der Waals surface area contributed by atoms with Crippen LogP contribution in [0.4, 0.5) is 0 Å². The number of nitrogens with one attached hydrogen (secondary N) is 1. The van der Waals surface area contributed by atoms with Gasteiger partial charge in [0.25, 0.3) is 0 Å². The monoisotopic (exact) mass is 333 g/mol. The summed E-state index contributed by atoms with van der Waals surface area (Å²) in [6, 6.07) is 7.94. The third-order valence-electron chi connectivity index (χ3n) is 3.56. The van der Waals surface area contributed by atoms with Crippen molar-refractivity contribution in [3.05, 3.63) is 34.9 Å². The van der Waals surface area contributed by atoms with Gasteiger partial charge in [-0.2, -0.15) is 11.8 Å². The van der Waals surface area contributed by atoms with Crippen LogP contribution < -0.4 is 5.32 Å². The van der Waals surface area contributed by atoms with E-state index in [0.717, 1.165) is 24.4 Å². The minimum Gasteiger partial charge on any atom is -0.312 e. The Balaban J connectivity index is 1.94. The van der Waals surface area contributed by atoms with E-state index in [4.69, 9.17) is 11.6 Å². The number of hydrogen-bond acceptors (Lipinski definition) is 4. The second-order valence-electron chi connectivity index (χ2n) is 5.14. The molecule has 0 spiro atoms. The SMILES string of the molecule is CS[C@H](CN[C@H]1CCCS(=O)(=O)C1)c1cccc(Cl)c1. The molecule has 3 nitrogen and oxygen atoms in total. The average molecular weight is 334 g/mol. The van der Waals surface area contributed by atoms with Crippen LogP contribution in [0.3, 0.4) is 0 Å². The fourth-order valence-electron chi connectivity index (χ4n) is 2.50. The molecule has 0 amide bonds. The van der Waals surface area contributed by atoms with E-state index in [-0.39, 0.29) is 11.8 Å². The van der Waals surface area contributed by atoms with Crippen molar-refractivity contribution in [2.45, 2.75) is 24.1 Å². The Bertz CT molecular complexity index is 548. The van der Waals surface area contributed by atoms with E-state index in [1.807, 2.05) is 18.2 Å². The maximum Gasteiger partial charge on any atom is 0.151 e. The molecule has 1 aliphatic rings. The highest BCUT2D eigenvalue weighted by Crippen LogP contribution is 2.28. The highest BCUT2D eigenvalue weighted by atomic mass is 35.5. The van der Waals surface area contributed by atoms with Crippen LogP contribution in [-0.4, -0.2) is 38.8 Å². The van der Waals surface area contributed by atoms with E-state index in [0.29, 0.717) is 11.0 Å². The summed E-state index contributed by atoms with van der Waals surface area (Å²) >= 11 is 7.77. The molecule has 1 fully saturated rings. The Kier molecular flexibility index (Phi) is 5.78. The molecule has 0 saturated carbocycles. The average Bonchev–Trinajstić information content (AvgIpc) is 2.38. The molecule has 0 aliphatic carbocycles. The standard InChI is InChI=1S/C14H20ClNO2S2/c1-19-14(11-4-2-5-12(15)8-11)9-16-13-6-3-7-20(17,18)10-13/h2,4-5,8,13-14,16H,3,6-7,9-10H2,1H3/t13-,14+/m0/s1. The highest BCUT2D eigenvalue weighted by Gasteiger charge is 2.25. The van der Waals surface area contributed by atoms with E-state index >= 15 is 0 Å². The number of thioether (sulfide) groups is 1. The van der Waals surface area contributed by atoms with Gasteiger partial charge in [0.05, 0.1) is 11.5 Å². The fraction of sp³-hybridized carbons (Fsp3) is 0.571. The van der Waals surface area contributed by atoms with Gasteiger partial charge >= 0.3 is 0 Å². The lowest BCUT2D eigenvalue weighted by molar-refractivity contribution is 0.482. The van der Waals surface area contributed by atoms with Gasteiger partial charge in [-0.25, -0.2) is 8.42 Å². The Hall–Kier alpha value is -0.230. The van der Waals surface area contributed by atoms with Crippen LogP contribution >= 0.6 is 23.4 Å². The van der Waals surface area contributed by atoms with Crippen molar-refractivity contribution in [3.63, 3.8) is 0 Å². The maximum atomic E-state index is 11.6. The molecule has 1 N–H and O–H groups in total. The Morgan fingerprint density at radius 1 is 1.50 bits per heavy atom. The van der Waals surface area contributed by atoms with Crippen molar-refractivity contribution >= 4 is 33.2 Å². The summed E-state index contributed by atoms with van der Waals surface area (Å²) < 4.78 is 23.3. The molecule has 0 unspecified atom stereocenters. The highest BCUT2D eigenvalue weighted by molar-refractivity contribution is 7.98. The summed E-state index contributed by atoms with van der Waals surface area (Å²) in [7, 11) is -2.85. The molecular formula is C14H20ClNO2S2. The lowest BCUT2D eigenvalue weighted by Crippen LogP contribution is -2.41. The summed E-state index contributed by atoms with van der Waals surface area (Å²) in [5.41, 5.74) is 1.18. The molecule has 1 aromatic rings. The molecule has 6 heteroatoms. The van der Waals surface area contributed by atoms with Crippen LogP contribution in [0.25, 0.3) is 0 Å². The first-order valence-corrected chi connectivity index (χ1v) is 10.2. The number of hydrogen-bond donors (Lipinski definition) is 1. The van der Waals surface area contributed by atoms with Gasteiger partial charge in [0.1, 0.15) is 0 Å². The minimum atomic E-state index is -2.85. The molecule has 2 rings (SSSR count). The van der Waals surface area contributed by atoms with Gasteiger partial charge in [-0.15, -0.1) is 0 Å². The van der Waals surface area contributed by atoms with Gasteiger partial charge in [-0.05, 0) is 36.8 Å². The number of sulfone groups is 1. The van der Waals surface area contributed by atoms with E-state index in [9.17, 15) is 8.42 Å². The maximum absolute atomic E-state index is 11.6. The molecule has 0 bridgehead atoms. The van der Waals surface area contributed by atoms with E-state index in [2.05, 4.69) is 17.6 Å². The first-order chi connectivity index (χ1) is 9.50. The second-order valence-corrected chi connectivity index (χ2v) is 8.85. The molecule has 112 valence electrons. The second kappa shape index (κ2) is 7.16. The van der Waals surface area contributed by atoms with Gasteiger partial charge in [0.15, 0.2) is 9.84 Å². The Labute approximate surface area is 130 Å². The molecule has 1 saturated heterocycles. The fourth-order valence-corrected chi connectivity index (χ4v) is 5.05. The van der Waals surface area contributed by atoms with Gasteiger partial charge in [0, 0.05) is 22.9 Å². The molecule has 1 aromatic carbocycles. The predicted molar refractivity (Wildman–Crippen MR) is 87.4 cm³/mol. The molecule has 2 atom stereocenters. The van der Waals surface area contributed by atoms with Crippen molar-refractivity contribution < 1.29 is 8.42 Å². The van der Waals surface area contributed by atoms with Gasteiger partial charge in [-0.3, -0.25) is 0 Å². The van der Waals surface area contributed by atoms with Crippen LogP contribution in [0.5, 0.6) is 0 Å². The van der Waals surface area contributed by atoms with Crippen molar-refractivity contribution in [3.8, 4) is 0 Å². The summed E-state index contributed by atoms with van der Waals surface area (Å²) in [5.74, 6) is 0.606. The summed E-state index contributed by atoms with van der Waals surface area (Å²) in [5, 5.41) is 4.43. The topological polar surface area (TPSA) is 46.2 Å². The normalized spacial score (nSPS) is 23.4. The minimum absolute atomic E-state index is 0.0857. The Morgan fingerprint density at radius 3 is 2.95 bits per heavy atom. The molecule has 0 aromatic heterocycles. The zero-order valence-corrected chi connectivity index (χ0v) is 13.9. The predicted octanol–water partition coefficient (Wildman–Crippen LogP) is 2.91. The zero-order valence-electron chi connectivity index (χ0n) is 11.5. The molecule has 20 heavy (non-hydrogen) atoms.